The molecule has 22 heavy (non-hydrogen) atoms. The number of nitrogens with two attached hydrogens (primary N) is 1. The van der Waals surface area contributed by atoms with Gasteiger partial charge in [0.2, 0.25) is 0 Å². The third-order valence-corrected chi connectivity index (χ3v) is 5.05. The molecule has 0 saturated heterocycles. The normalized spacial score (nSPS) is 20.7. The number of rotatable bonds is 6. The predicted molar refractivity (Wildman–Crippen MR) is 86.9 cm³/mol. The molecule has 0 aliphatic heterocycles. The Morgan fingerprint density at radius 2 is 2.23 bits per heavy atom. The van der Waals surface area contributed by atoms with Gasteiger partial charge in [0.15, 0.2) is 0 Å². The van der Waals surface area contributed by atoms with E-state index in [4.69, 9.17) is 10.5 Å². The highest BCUT2D eigenvalue weighted by Crippen LogP contribution is 2.34. The van der Waals surface area contributed by atoms with Crippen molar-refractivity contribution in [1.29, 1.82) is 0 Å². The Morgan fingerprint density at radius 1 is 1.41 bits per heavy atom. The van der Waals surface area contributed by atoms with Gasteiger partial charge in [-0.1, -0.05) is 0 Å². The summed E-state index contributed by atoms with van der Waals surface area (Å²) in [4.78, 5) is 14.4. The summed E-state index contributed by atoms with van der Waals surface area (Å²) < 4.78 is 5.13. The van der Waals surface area contributed by atoms with Crippen LogP contribution in [0.3, 0.4) is 0 Å². The summed E-state index contributed by atoms with van der Waals surface area (Å²) in [6, 6.07) is 2.36. The summed E-state index contributed by atoms with van der Waals surface area (Å²) in [6.45, 7) is 3.30. The molecule has 1 aliphatic carbocycles. The van der Waals surface area contributed by atoms with E-state index < -0.39 is 0 Å². The number of thiazole rings is 1. The highest BCUT2D eigenvalue weighted by atomic mass is 32.1. The van der Waals surface area contributed by atoms with Crippen LogP contribution in [0.5, 0.6) is 0 Å². The van der Waals surface area contributed by atoms with Crippen LogP contribution in [0, 0.1) is 6.92 Å². The Balaban J connectivity index is 1.62. The smallest absolute Gasteiger partial charge is 0.129 e. The first-order valence-corrected chi connectivity index (χ1v) is 8.23. The molecule has 0 bridgehead atoms. The quantitative estimate of drug-likeness (QED) is 0.849. The van der Waals surface area contributed by atoms with Crippen LogP contribution < -0.4 is 11.1 Å². The van der Waals surface area contributed by atoms with E-state index in [0.717, 1.165) is 35.1 Å². The molecule has 7 heteroatoms. The fourth-order valence-corrected chi connectivity index (χ4v) is 3.59. The molecule has 6 nitrogen and oxygen atoms in total. The van der Waals surface area contributed by atoms with E-state index in [0.29, 0.717) is 25.1 Å². The van der Waals surface area contributed by atoms with Gasteiger partial charge in [-0.3, -0.25) is 0 Å². The molecule has 0 aromatic carbocycles. The van der Waals surface area contributed by atoms with Gasteiger partial charge in [-0.2, -0.15) is 0 Å². The zero-order chi connectivity index (χ0) is 15.5. The number of anilines is 1. The van der Waals surface area contributed by atoms with E-state index in [-0.39, 0.29) is 0 Å². The van der Waals surface area contributed by atoms with Gasteiger partial charge < -0.3 is 15.8 Å². The highest BCUT2D eigenvalue weighted by Gasteiger charge is 2.28. The fraction of sp³-hybridized carbons (Fsp3) is 0.533. The number of nitrogens with zero attached hydrogens (tertiary/aromatic N) is 3. The van der Waals surface area contributed by atoms with Gasteiger partial charge in [0.25, 0.3) is 0 Å². The molecule has 0 unspecified atom stereocenters. The minimum Gasteiger partial charge on any atom is -0.378 e. The monoisotopic (exact) mass is 319 g/mol. The Labute approximate surface area is 134 Å². The molecule has 118 valence electrons. The maximum Gasteiger partial charge on any atom is 0.129 e. The van der Waals surface area contributed by atoms with Crippen LogP contribution in [-0.4, -0.2) is 28.1 Å². The standard InChI is InChI=1S/C15H21N5OS/c1-9-13(22-15(20-9)7-21-2)6-17-14-5-12(18-8-19-14)10-3-11(16)4-10/h5,8,10-11H,3-4,6-7,16H2,1-2H3,(H,17,18,19). The number of aromatic nitrogens is 3. The van der Waals surface area contributed by atoms with Gasteiger partial charge in [0, 0.05) is 35.7 Å². The summed E-state index contributed by atoms with van der Waals surface area (Å²) in [5, 5.41) is 4.36. The van der Waals surface area contributed by atoms with E-state index in [2.05, 4.69) is 20.3 Å². The number of ether oxygens (including phenoxy) is 1. The average Bonchev–Trinajstić information content (AvgIpc) is 2.82. The number of hydrogen-bond donors (Lipinski definition) is 2. The van der Waals surface area contributed by atoms with Gasteiger partial charge in [-0.15, -0.1) is 11.3 Å². The Kier molecular flexibility index (Phi) is 4.66. The van der Waals surface area contributed by atoms with Crippen molar-refractivity contribution in [2.24, 2.45) is 5.73 Å². The Bertz CT molecular complexity index is 639. The topological polar surface area (TPSA) is 86.0 Å². The minimum absolute atomic E-state index is 0.329. The third kappa shape index (κ3) is 3.43. The van der Waals surface area contributed by atoms with E-state index in [1.54, 1.807) is 24.8 Å². The first kappa shape index (κ1) is 15.3. The van der Waals surface area contributed by atoms with Gasteiger partial charge in [0.1, 0.15) is 17.2 Å². The number of aryl methyl sites for hydroxylation is 1. The lowest BCUT2D eigenvalue weighted by atomic mass is 9.79. The van der Waals surface area contributed by atoms with Crippen LogP contribution in [0.4, 0.5) is 5.82 Å². The molecule has 1 saturated carbocycles. The first-order chi connectivity index (χ1) is 10.7. The van der Waals surface area contributed by atoms with Crippen LogP contribution in [0.15, 0.2) is 12.4 Å². The molecule has 0 spiro atoms. The predicted octanol–water partition coefficient (Wildman–Crippen LogP) is 2.20. The van der Waals surface area contributed by atoms with Crippen LogP contribution >= 0.6 is 11.3 Å². The van der Waals surface area contributed by atoms with Gasteiger partial charge >= 0.3 is 0 Å². The van der Waals surface area contributed by atoms with Crippen LogP contribution in [-0.2, 0) is 17.9 Å². The molecule has 2 heterocycles. The van der Waals surface area contributed by atoms with Crippen molar-refractivity contribution in [3.8, 4) is 0 Å². The van der Waals surface area contributed by atoms with E-state index in [9.17, 15) is 0 Å². The molecule has 2 aromatic heterocycles. The molecule has 0 radical (unpaired) electrons. The van der Waals surface area contributed by atoms with Crippen molar-refractivity contribution >= 4 is 17.2 Å². The average molecular weight is 319 g/mol. The van der Waals surface area contributed by atoms with Crippen molar-refractivity contribution in [2.45, 2.75) is 44.9 Å². The molecular formula is C15H21N5OS. The second-order valence-electron chi connectivity index (χ2n) is 5.66. The molecule has 0 atom stereocenters. The maximum absolute atomic E-state index is 5.85. The second kappa shape index (κ2) is 6.68. The lowest BCUT2D eigenvalue weighted by Gasteiger charge is -2.31. The lowest BCUT2D eigenvalue weighted by molar-refractivity contribution is 0.184. The summed E-state index contributed by atoms with van der Waals surface area (Å²) in [7, 11) is 1.68. The van der Waals surface area contributed by atoms with Crippen molar-refractivity contribution in [1.82, 2.24) is 15.0 Å². The van der Waals surface area contributed by atoms with E-state index in [1.165, 1.54) is 4.88 Å². The highest BCUT2D eigenvalue weighted by molar-refractivity contribution is 7.11. The van der Waals surface area contributed by atoms with Crippen molar-refractivity contribution in [2.75, 3.05) is 12.4 Å². The van der Waals surface area contributed by atoms with Gasteiger partial charge in [-0.25, -0.2) is 15.0 Å². The number of nitrogens with one attached hydrogen (secondary N) is 1. The summed E-state index contributed by atoms with van der Waals surface area (Å²) in [5.41, 5.74) is 7.98. The number of hydrogen-bond acceptors (Lipinski definition) is 7. The third-order valence-electron chi connectivity index (χ3n) is 3.92. The second-order valence-corrected chi connectivity index (χ2v) is 6.83. The molecule has 2 aromatic rings. The molecule has 3 rings (SSSR count). The van der Waals surface area contributed by atoms with Crippen molar-refractivity contribution in [3.63, 3.8) is 0 Å². The molecule has 1 fully saturated rings. The summed E-state index contributed by atoms with van der Waals surface area (Å²) >= 11 is 1.67. The van der Waals surface area contributed by atoms with Crippen LogP contribution in [0.25, 0.3) is 0 Å². The van der Waals surface area contributed by atoms with Crippen LogP contribution in [0.1, 0.15) is 40.0 Å². The molecule has 0 amide bonds. The first-order valence-electron chi connectivity index (χ1n) is 7.41. The van der Waals surface area contributed by atoms with Crippen molar-refractivity contribution < 1.29 is 4.74 Å². The maximum atomic E-state index is 5.85. The SMILES string of the molecule is COCc1nc(C)c(CNc2cc(C3CC(N)C3)ncn2)s1. The van der Waals surface area contributed by atoms with Crippen molar-refractivity contribution in [3.05, 3.63) is 33.7 Å². The Hall–Kier alpha value is -1.57. The Morgan fingerprint density at radius 3 is 2.95 bits per heavy atom. The van der Waals surface area contributed by atoms with E-state index in [1.807, 2.05) is 13.0 Å². The summed E-state index contributed by atoms with van der Waals surface area (Å²) in [6.07, 6.45) is 3.66. The molecule has 1 aliphatic rings. The largest absolute Gasteiger partial charge is 0.378 e. The molecular weight excluding hydrogens is 298 g/mol. The van der Waals surface area contributed by atoms with E-state index >= 15 is 0 Å². The van der Waals surface area contributed by atoms with Gasteiger partial charge in [0.05, 0.1) is 18.8 Å². The minimum atomic E-state index is 0.329. The summed E-state index contributed by atoms with van der Waals surface area (Å²) in [5.74, 6) is 1.34. The number of methoxy groups -OCH3 is 1. The van der Waals surface area contributed by atoms with Gasteiger partial charge in [-0.05, 0) is 19.8 Å². The zero-order valence-corrected chi connectivity index (χ0v) is 13.7. The lowest BCUT2D eigenvalue weighted by Crippen LogP contribution is -2.35. The fourth-order valence-electron chi connectivity index (χ4n) is 2.60. The molecule has 3 N–H and O–H groups in total. The van der Waals surface area contributed by atoms with Crippen LogP contribution in [0.2, 0.25) is 0 Å². The zero-order valence-electron chi connectivity index (χ0n) is 12.9.